The van der Waals surface area contributed by atoms with Crippen LogP contribution in [0.15, 0.2) is 115 Å². The first-order valence-electron chi connectivity index (χ1n) is 10.2. The van der Waals surface area contributed by atoms with Crippen molar-refractivity contribution in [2.75, 3.05) is 0 Å². The molecule has 0 spiro atoms. The molecule has 0 fully saturated rings. The van der Waals surface area contributed by atoms with Gasteiger partial charge in [0.05, 0.1) is 0 Å². The summed E-state index contributed by atoms with van der Waals surface area (Å²) in [5.74, 6) is 0. The summed E-state index contributed by atoms with van der Waals surface area (Å²) in [5, 5.41) is 4.94. The molecule has 0 saturated carbocycles. The topological polar surface area (TPSA) is 17.1 Å². The summed E-state index contributed by atoms with van der Waals surface area (Å²) in [7, 11) is -3.03. The zero-order valence-electron chi connectivity index (χ0n) is 16.3. The third-order valence-corrected chi connectivity index (χ3v) is 9.22. The molecular formula is C28H19OP. The zero-order chi connectivity index (χ0) is 20.1. The second-order valence-electron chi connectivity index (χ2n) is 7.69. The van der Waals surface area contributed by atoms with Gasteiger partial charge in [-0.15, -0.1) is 0 Å². The van der Waals surface area contributed by atoms with Gasteiger partial charge in [-0.25, -0.2) is 0 Å². The van der Waals surface area contributed by atoms with Crippen LogP contribution in [-0.2, 0) is 4.57 Å². The predicted molar refractivity (Wildman–Crippen MR) is 128 cm³/mol. The SMILES string of the molecule is O=P(c1ccccc1)(c1ccccc1)c1ccc2c3c(cccc13)-c1ccccc1-2. The molecule has 0 aliphatic heterocycles. The highest BCUT2D eigenvalue weighted by Gasteiger charge is 2.33. The van der Waals surface area contributed by atoms with Gasteiger partial charge in [-0.1, -0.05) is 109 Å². The van der Waals surface area contributed by atoms with Crippen molar-refractivity contribution in [2.45, 2.75) is 0 Å². The molecule has 0 radical (unpaired) electrons. The fourth-order valence-corrected chi connectivity index (χ4v) is 7.62. The Morgan fingerprint density at radius 3 is 1.53 bits per heavy atom. The van der Waals surface area contributed by atoms with Crippen molar-refractivity contribution < 1.29 is 4.57 Å². The lowest BCUT2D eigenvalue weighted by Crippen LogP contribution is -2.25. The molecule has 0 unspecified atom stereocenters. The smallest absolute Gasteiger partial charge is 0.171 e. The Morgan fingerprint density at radius 1 is 0.433 bits per heavy atom. The van der Waals surface area contributed by atoms with E-state index in [4.69, 9.17) is 0 Å². The lowest BCUT2D eigenvalue weighted by molar-refractivity contribution is 0.592. The van der Waals surface area contributed by atoms with E-state index in [0.29, 0.717) is 0 Å². The number of hydrogen-bond acceptors (Lipinski definition) is 1. The number of hydrogen-bond donors (Lipinski definition) is 0. The fraction of sp³-hybridized carbons (Fsp3) is 0. The molecule has 1 nitrogen and oxygen atoms in total. The molecule has 30 heavy (non-hydrogen) atoms. The second kappa shape index (κ2) is 6.55. The van der Waals surface area contributed by atoms with Crippen LogP contribution in [0.3, 0.4) is 0 Å². The highest BCUT2D eigenvalue weighted by molar-refractivity contribution is 7.85. The predicted octanol–water partition coefficient (Wildman–Crippen LogP) is 6.13. The van der Waals surface area contributed by atoms with Crippen LogP contribution in [0.4, 0.5) is 0 Å². The molecule has 0 aromatic heterocycles. The molecule has 6 rings (SSSR count). The summed E-state index contributed by atoms with van der Waals surface area (Å²) in [6, 6.07) is 39.0. The van der Waals surface area contributed by atoms with Gasteiger partial charge >= 0.3 is 0 Å². The summed E-state index contributed by atoms with van der Waals surface area (Å²) in [6.45, 7) is 0. The molecule has 0 N–H and O–H groups in total. The van der Waals surface area contributed by atoms with Gasteiger partial charge in [-0.3, -0.25) is 0 Å². The summed E-state index contributed by atoms with van der Waals surface area (Å²) < 4.78 is 14.9. The molecule has 5 aromatic carbocycles. The van der Waals surface area contributed by atoms with Crippen molar-refractivity contribution in [3.8, 4) is 22.3 Å². The third kappa shape index (κ3) is 2.33. The van der Waals surface area contributed by atoms with Crippen molar-refractivity contribution in [3.05, 3.63) is 115 Å². The van der Waals surface area contributed by atoms with Crippen LogP contribution in [0.25, 0.3) is 33.0 Å². The van der Waals surface area contributed by atoms with E-state index in [1.807, 2.05) is 60.7 Å². The highest BCUT2D eigenvalue weighted by Crippen LogP contribution is 2.50. The monoisotopic (exact) mass is 402 g/mol. The minimum atomic E-state index is -3.03. The molecule has 0 heterocycles. The van der Waals surface area contributed by atoms with Gasteiger partial charge in [-0.05, 0) is 39.1 Å². The van der Waals surface area contributed by atoms with Crippen molar-refractivity contribution in [3.63, 3.8) is 0 Å². The van der Waals surface area contributed by atoms with E-state index in [9.17, 15) is 4.57 Å². The first-order chi connectivity index (χ1) is 14.8. The van der Waals surface area contributed by atoms with Crippen molar-refractivity contribution in [1.82, 2.24) is 0 Å². The molecule has 0 bridgehead atoms. The standard InChI is InChI=1S/C28H19OP/c29-30(20-10-3-1-4-11-20,21-12-5-2-6-13-21)27-19-18-25-23-15-8-7-14-22(23)24-16-9-17-26(27)28(24)25/h1-19H. The summed E-state index contributed by atoms with van der Waals surface area (Å²) in [5.41, 5.74) is 4.97. The van der Waals surface area contributed by atoms with Crippen LogP contribution in [-0.4, -0.2) is 0 Å². The van der Waals surface area contributed by atoms with E-state index in [2.05, 4.69) is 54.6 Å². The summed E-state index contributed by atoms with van der Waals surface area (Å²) in [6.07, 6.45) is 0. The minimum Gasteiger partial charge on any atom is -0.309 e. The van der Waals surface area contributed by atoms with Gasteiger partial charge in [0.15, 0.2) is 7.14 Å². The normalized spacial score (nSPS) is 12.1. The molecule has 0 saturated heterocycles. The lowest BCUT2D eigenvalue weighted by atomic mass is 10.0. The third-order valence-electron chi connectivity index (χ3n) is 6.10. The quantitative estimate of drug-likeness (QED) is 0.326. The van der Waals surface area contributed by atoms with Crippen LogP contribution >= 0.6 is 7.14 Å². The maximum absolute atomic E-state index is 14.9. The van der Waals surface area contributed by atoms with Crippen LogP contribution in [0.5, 0.6) is 0 Å². The maximum atomic E-state index is 14.9. The van der Waals surface area contributed by atoms with E-state index in [0.717, 1.165) is 21.3 Å². The molecule has 5 aromatic rings. The van der Waals surface area contributed by atoms with E-state index in [-0.39, 0.29) is 0 Å². The number of rotatable bonds is 3. The van der Waals surface area contributed by atoms with Gasteiger partial charge in [0.1, 0.15) is 0 Å². The van der Waals surface area contributed by atoms with Crippen LogP contribution in [0.1, 0.15) is 0 Å². The largest absolute Gasteiger partial charge is 0.309 e. The zero-order valence-corrected chi connectivity index (χ0v) is 17.2. The highest BCUT2D eigenvalue weighted by atomic mass is 31.2. The maximum Gasteiger partial charge on any atom is 0.171 e. The molecule has 0 amide bonds. The van der Waals surface area contributed by atoms with E-state index >= 15 is 0 Å². The van der Waals surface area contributed by atoms with Crippen LogP contribution in [0.2, 0.25) is 0 Å². The van der Waals surface area contributed by atoms with Crippen LogP contribution in [0, 0.1) is 0 Å². The van der Waals surface area contributed by atoms with Crippen LogP contribution < -0.4 is 15.9 Å². The molecular weight excluding hydrogens is 383 g/mol. The average molecular weight is 402 g/mol. The van der Waals surface area contributed by atoms with Gasteiger partial charge in [0.25, 0.3) is 0 Å². The summed E-state index contributed by atoms with van der Waals surface area (Å²) in [4.78, 5) is 0. The van der Waals surface area contributed by atoms with E-state index in [1.165, 1.54) is 27.6 Å². The fourth-order valence-electron chi connectivity index (χ4n) is 4.77. The lowest BCUT2D eigenvalue weighted by Gasteiger charge is -2.22. The number of fused-ring (bicyclic) bond motifs is 3. The Kier molecular flexibility index (Phi) is 3.81. The van der Waals surface area contributed by atoms with Crippen molar-refractivity contribution >= 4 is 33.8 Å². The number of benzene rings is 5. The Bertz CT molecular complexity index is 1380. The average Bonchev–Trinajstić information content (AvgIpc) is 3.16. The van der Waals surface area contributed by atoms with E-state index < -0.39 is 7.14 Å². The molecule has 0 atom stereocenters. The molecule has 142 valence electrons. The van der Waals surface area contributed by atoms with Gasteiger partial charge in [0.2, 0.25) is 0 Å². The first kappa shape index (κ1) is 17.4. The minimum absolute atomic E-state index is 0.868. The van der Waals surface area contributed by atoms with Crippen molar-refractivity contribution in [1.29, 1.82) is 0 Å². The second-order valence-corrected chi connectivity index (χ2v) is 10.4. The van der Waals surface area contributed by atoms with Gasteiger partial charge in [-0.2, -0.15) is 0 Å². The summed E-state index contributed by atoms with van der Waals surface area (Å²) >= 11 is 0. The molecule has 2 heteroatoms. The Morgan fingerprint density at radius 2 is 0.933 bits per heavy atom. The molecule has 1 aliphatic carbocycles. The Balaban J connectivity index is 1.73. The van der Waals surface area contributed by atoms with Crippen molar-refractivity contribution in [2.24, 2.45) is 0 Å². The molecule has 1 aliphatic rings. The Hall–Kier alpha value is -3.41. The van der Waals surface area contributed by atoms with E-state index in [1.54, 1.807) is 0 Å². The first-order valence-corrected chi connectivity index (χ1v) is 11.9. The Labute approximate surface area is 176 Å². The van der Waals surface area contributed by atoms with Gasteiger partial charge < -0.3 is 4.57 Å². The van der Waals surface area contributed by atoms with Gasteiger partial charge in [0, 0.05) is 15.9 Å².